The van der Waals surface area contributed by atoms with Gasteiger partial charge in [0.05, 0.1) is 7.11 Å². The number of urea groups is 1. The number of nitrogens with zero attached hydrogens (tertiary/aromatic N) is 2. The van der Waals surface area contributed by atoms with Gasteiger partial charge in [-0.25, -0.2) is 4.79 Å². The number of benzene rings is 2. The van der Waals surface area contributed by atoms with E-state index in [0.717, 1.165) is 44.2 Å². The van der Waals surface area contributed by atoms with Gasteiger partial charge in [0.1, 0.15) is 5.75 Å². The smallest absolute Gasteiger partial charge is 0.321 e. The van der Waals surface area contributed by atoms with Crippen LogP contribution in [0.4, 0.5) is 10.5 Å². The summed E-state index contributed by atoms with van der Waals surface area (Å²) in [5.74, 6) is 0.919. The largest absolute Gasteiger partial charge is 0.496 e. The van der Waals surface area contributed by atoms with Gasteiger partial charge in [-0.15, -0.1) is 0 Å². The first-order valence-electron chi connectivity index (χ1n) is 9.04. The predicted octanol–water partition coefficient (Wildman–Crippen LogP) is 3.66. The third-order valence-electron chi connectivity index (χ3n) is 5.00. The van der Waals surface area contributed by atoms with Crippen molar-refractivity contribution in [3.63, 3.8) is 0 Å². The number of carbonyl (C=O) groups is 1. The van der Waals surface area contributed by atoms with Crippen LogP contribution in [0.3, 0.4) is 0 Å². The van der Waals surface area contributed by atoms with Crippen LogP contribution in [0.2, 0.25) is 0 Å². The third-order valence-corrected chi connectivity index (χ3v) is 5.00. The van der Waals surface area contributed by atoms with Gasteiger partial charge in [0, 0.05) is 44.0 Å². The molecule has 0 aromatic heterocycles. The molecule has 2 aromatic rings. The number of hydrogen-bond acceptors (Lipinski definition) is 3. The summed E-state index contributed by atoms with van der Waals surface area (Å²) in [6.07, 6.45) is 0. The maximum atomic E-state index is 12.5. The molecule has 5 nitrogen and oxygen atoms in total. The summed E-state index contributed by atoms with van der Waals surface area (Å²) in [6.45, 7) is 8.15. The third kappa shape index (κ3) is 4.35. The second kappa shape index (κ2) is 8.23. The Balaban J connectivity index is 1.53. The van der Waals surface area contributed by atoms with Gasteiger partial charge in [0.25, 0.3) is 0 Å². The molecule has 0 spiro atoms. The fourth-order valence-corrected chi connectivity index (χ4v) is 3.21. The molecule has 0 unspecified atom stereocenters. The minimum absolute atomic E-state index is 0.0230. The molecule has 2 aromatic carbocycles. The van der Waals surface area contributed by atoms with Gasteiger partial charge in [-0.1, -0.05) is 24.3 Å². The SMILES string of the molecule is COc1ccccc1CN1CCN(C(=O)Nc2ccc(C)c(C)c2)CC1. The molecular weight excluding hydrogens is 326 g/mol. The van der Waals surface area contributed by atoms with E-state index in [2.05, 4.69) is 30.1 Å². The van der Waals surface area contributed by atoms with Gasteiger partial charge in [0.15, 0.2) is 0 Å². The number of para-hydroxylation sites is 1. The summed E-state index contributed by atoms with van der Waals surface area (Å²) in [5.41, 5.74) is 4.45. The Hall–Kier alpha value is -2.53. The Morgan fingerprint density at radius 2 is 1.77 bits per heavy atom. The number of aryl methyl sites for hydroxylation is 2. The van der Waals surface area contributed by atoms with E-state index < -0.39 is 0 Å². The lowest BCUT2D eigenvalue weighted by Crippen LogP contribution is -2.49. The van der Waals surface area contributed by atoms with E-state index in [0.29, 0.717) is 0 Å². The Morgan fingerprint density at radius 1 is 1.04 bits per heavy atom. The lowest BCUT2D eigenvalue weighted by atomic mass is 10.1. The number of hydrogen-bond donors (Lipinski definition) is 1. The normalized spacial score (nSPS) is 15.0. The van der Waals surface area contributed by atoms with E-state index in [9.17, 15) is 4.79 Å². The molecule has 1 N–H and O–H groups in total. The Bertz CT molecular complexity index is 768. The summed E-state index contributed by atoms with van der Waals surface area (Å²) in [5, 5.41) is 3.01. The fraction of sp³-hybridized carbons (Fsp3) is 0.381. The molecule has 1 aliphatic heterocycles. The zero-order valence-corrected chi connectivity index (χ0v) is 15.8. The lowest BCUT2D eigenvalue weighted by molar-refractivity contribution is 0.142. The molecule has 0 aliphatic carbocycles. The van der Waals surface area contributed by atoms with E-state index >= 15 is 0 Å². The average Bonchev–Trinajstić information content (AvgIpc) is 2.66. The fourth-order valence-electron chi connectivity index (χ4n) is 3.21. The maximum absolute atomic E-state index is 12.5. The van der Waals surface area contributed by atoms with Crippen LogP contribution in [0.1, 0.15) is 16.7 Å². The van der Waals surface area contributed by atoms with Crippen LogP contribution in [0, 0.1) is 13.8 Å². The van der Waals surface area contributed by atoms with Crippen LogP contribution in [-0.2, 0) is 6.54 Å². The van der Waals surface area contributed by atoms with Gasteiger partial charge >= 0.3 is 6.03 Å². The number of anilines is 1. The molecule has 1 heterocycles. The first-order valence-corrected chi connectivity index (χ1v) is 9.04. The van der Waals surface area contributed by atoms with Gasteiger partial charge in [-0.05, 0) is 43.2 Å². The highest BCUT2D eigenvalue weighted by atomic mass is 16.5. The molecule has 1 aliphatic rings. The summed E-state index contributed by atoms with van der Waals surface area (Å²) in [4.78, 5) is 16.7. The molecule has 138 valence electrons. The first kappa shape index (κ1) is 18.3. The monoisotopic (exact) mass is 353 g/mol. The van der Waals surface area contributed by atoms with Crippen molar-refractivity contribution in [2.75, 3.05) is 38.6 Å². The highest BCUT2D eigenvalue weighted by molar-refractivity contribution is 5.89. The molecule has 0 atom stereocenters. The summed E-state index contributed by atoms with van der Waals surface area (Å²) in [6, 6.07) is 14.1. The summed E-state index contributed by atoms with van der Waals surface area (Å²) < 4.78 is 5.43. The van der Waals surface area contributed by atoms with Crippen molar-refractivity contribution in [1.82, 2.24) is 9.80 Å². The van der Waals surface area contributed by atoms with Gasteiger partial charge in [-0.2, -0.15) is 0 Å². The molecule has 2 amide bonds. The standard InChI is InChI=1S/C21H27N3O2/c1-16-8-9-19(14-17(16)2)22-21(25)24-12-10-23(11-13-24)15-18-6-4-5-7-20(18)26-3/h4-9,14H,10-13,15H2,1-3H3,(H,22,25). The second-order valence-corrected chi connectivity index (χ2v) is 6.80. The van der Waals surface area contributed by atoms with Crippen LogP contribution in [0.15, 0.2) is 42.5 Å². The number of carbonyl (C=O) groups excluding carboxylic acids is 1. The van der Waals surface area contributed by atoms with Crippen molar-refractivity contribution >= 4 is 11.7 Å². The highest BCUT2D eigenvalue weighted by Gasteiger charge is 2.21. The Morgan fingerprint density at radius 3 is 2.46 bits per heavy atom. The number of amides is 2. The quantitative estimate of drug-likeness (QED) is 0.912. The Labute approximate surface area is 155 Å². The number of rotatable bonds is 4. The van der Waals surface area contributed by atoms with Gasteiger partial charge in [-0.3, -0.25) is 4.90 Å². The molecule has 0 saturated carbocycles. The van der Waals surface area contributed by atoms with Crippen molar-refractivity contribution < 1.29 is 9.53 Å². The lowest BCUT2D eigenvalue weighted by Gasteiger charge is -2.34. The number of ether oxygens (including phenoxy) is 1. The van der Waals surface area contributed by atoms with Crippen molar-refractivity contribution in [3.05, 3.63) is 59.2 Å². The second-order valence-electron chi connectivity index (χ2n) is 6.80. The number of piperazine rings is 1. The molecule has 0 bridgehead atoms. The molecular formula is C21H27N3O2. The minimum atomic E-state index is -0.0230. The van der Waals surface area contributed by atoms with E-state index in [1.807, 2.05) is 41.3 Å². The van der Waals surface area contributed by atoms with E-state index in [1.165, 1.54) is 16.7 Å². The van der Waals surface area contributed by atoms with E-state index in [1.54, 1.807) is 7.11 Å². The van der Waals surface area contributed by atoms with Crippen LogP contribution < -0.4 is 10.1 Å². The van der Waals surface area contributed by atoms with E-state index in [-0.39, 0.29) is 6.03 Å². The van der Waals surface area contributed by atoms with Crippen LogP contribution in [0.5, 0.6) is 5.75 Å². The van der Waals surface area contributed by atoms with Crippen molar-refractivity contribution in [2.24, 2.45) is 0 Å². The van der Waals surface area contributed by atoms with Crippen molar-refractivity contribution in [1.29, 1.82) is 0 Å². The van der Waals surface area contributed by atoms with Gasteiger partial charge < -0.3 is 15.0 Å². The molecule has 3 rings (SSSR count). The predicted molar refractivity (Wildman–Crippen MR) is 105 cm³/mol. The molecule has 1 saturated heterocycles. The molecule has 0 radical (unpaired) electrons. The van der Waals surface area contributed by atoms with Crippen molar-refractivity contribution in [3.8, 4) is 5.75 Å². The van der Waals surface area contributed by atoms with Gasteiger partial charge in [0.2, 0.25) is 0 Å². The van der Waals surface area contributed by atoms with Crippen molar-refractivity contribution in [2.45, 2.75) is 20.4 Å². The van der Waals surface area contributed by atoms with Crippen LogP contribution in [0.25, 0.3) is 0 Å². The Kier molecular flexibility index (Phi) is 5.78. The first-order chi connectivity index (χ1) is 12.6. The molecule has 5 heteroatoms. The van der Waals surface area contributed by atoms with Crippen LogP contribution >= 0.6 is 0 Å². The van der Waals surface area contributed by atoms with Crippen LogP contribution in [-0.4, -0.2) is 49.1 Å². The minimum Gasteiger partial charge on any atom is -0.496 e. The summed E-state index contributed by atoms with van der Waals surface area (Å²) >= 11 is 0. The van der Waals surface area contributed by atoms with E-state index in [4.69, 9.17) is 4.74 Å². The summed E-state index contributed by atoms with van der Waals surface area (Å²) in [7, 11) is 1.70. The average molecular weight is 353 g/mol. The zero-order valence-electron chi connectivity index (χ0n) is 15.8. The zero-order chi connectivity index (χ0) is 18.5. The highest BCUT2D eigenvalue weighted by Crippen LogP contribution is 2.20. The molecule has 1 fully saturated rings. The maximum Gasteiger partial charge on any atom is 0.321 e. The number of methoxy groups -OCH3 is 1. The number of nitrogens with one attached hydrogen (secondary N) is 1. The topological polar surface area (TPSA) is 44.8 Å². The molecule has 26 heavy (non-hydrogen) atoms.